The first-order valence-electron chi connectivity index (χ1n) is 6.48. The molecule has 0 heterocycles. The summed E-state index contributed by atoms with van der Waals surface area (Å²) in [5, 5.41) is 0. The van der Waals surface area contributed by atoms with Crippen LogP contribution in [0.25, 0.3) is 0 Å². The fourth-order valence-electron chi connectivity index (χ4n) is 1.86. The van der Waals surface area contributed by atoms with Crippen molar-refractivity contribution in [1.29, 1.82) is 0 Å². The summed E-state index contributed by atoms with van der Waals surface area (Å²) in [6, 6.07) is 14.4. The number of hydrogen-bond donors (Lipinski definition) is 0. The Morgan fingerprint density at radius 3 is 2.37 bits per heavy atom. The second kappa shape index (κ2) is 6.07. The van der Waals surface area contributed by atoms with Crippen LogP contribution in [0, 0.1) is 13.8 Å². The van der Waals surface area contributed by atoms with E-state index >= 15 is 0 Å². The van der Waals surface area contributed by atoms with Crippen molar-refractivity contribution in [2.75, 3.05) is 0 Å². The highest BCUT2D eigenvalue weighted by molar-refractivity contribution is 7.99. The highest BCUT2D eigenvalue weighted by Crippen LogP contribution is 2.31. The van der Waals surface area contributed by atoms with Crippen LogP contribution in [0.5, 0.6) is 0 Å². The summed E-state index contributed by atoms with van der Waals surface area (Å²) in [5.41, 5.74) is 3.35. The lowest BCUT2D eigenvalue weighted by Crippen LogP contribution is -1.95. The lowest BCUT2D eigenvalue weighted by Gasteiger charge is -2.07. The fraction of sp³-hybridized carbons (Fsp3) is 0.235. The van der Waals surface area contributed by atoms with Crippen LogP contribution in [0.3, 0.4) is 0 Å². The van der Waals surface area contributed by atoms with Crippen LogP contribution in [0.4, 0.5) is 0 Å². The topological polar surface area (TPSA) is 17.1 Å². The van der Waals surface area contributed by atoms with Gasteiger partial charge in [-0.25, -0.2) is 0 Å². The van der Waals surface area contributed by atoms with E-state index in [0.717, 1.165) is 5.56 Å². The summed E-state index contributed by atoms with van der Waals surface area (Å²) >= 11 is 1.75. The summed E-state index contributed by atoms with van der Waals surface area (Å²) < 4.78 is 0. The first-order valence-corrected chi connectivity index (χ1v) is 7.30. The van der Waals surface area contributed by atoms with Crippen molar-refractivity contribution in [2.24, 2.45) is 0 Å². The standard InChI is InChI=1S/C17H18OS/c1-4-16(18)14-7-9-15(10-8-14)19-17-11-12(2)5-6-13(17)3/h5-11H,4H2,1-3H3. The van der Waals surface area contributed by atoms with Gasteiger partial charge >= 0.3 is 0 Å². The van der Waals surface area contributed by atoms with E-state index in [9.17, 15) is 4.79 Å². The molecule has 1 nitrogen and oxygen atoms in total. The molecule has 0 atom stereocenters. The van der Waals surface area contributed by atoms with Gasteiger partial charge < -0.3 is 0 Å². The molecule has 0 amide bonds. The quantitative estimate of drug-likeness (QED) is 0.723. The molecule has 2 aromatic rings. The SMILES string of the molecule is CCC(=O)c1ccc(Sc2cc(C)ccc2C)cc1. The number of carbonyl (C=O) groups is 1. The summed E-state index contributed by atoms with van der Waals surface area (Å²) in [6.07, 6.45) is 0.559. The normalized spacial score (nSPS) is 10.5. The number of rotatable bonds is 4. The molecule has 0 aromatic heterocycles. The van der Waals surface area contributed by atoms with E-state index in [-0.39, 0.29) is 5.78 Å². The number of carbonyl (C=O) groups excluding carboxylic acids is 1. The van der Waals surface area contributed by atoms with E-state index in [1.54, 1.807) is 11.8 Å². The van der Waals surface area contributed by atoms with Crippen molar-refractivity contribution in [1.82, 2.24) is 0 Å². The molecule has 0 saturated carbocycles. The molecule has 2 heteroatoms. The Morgan fingerprint density at radius 1 is 1.05 bits per heavy atom. The highest BCUT2D eigenvalue weighted by atomic mass is 32.2. The van der Waals surface area contributed by atoms with Crippen molar-refractivity contribution < 1.29 is 4.79 Å². The van der Waals surface area contributed by atoms with Gasteiger partial charge in [0.05, 0.1) is 0 Å². The molecule has 0 aliphatic carbocycles. The maximum absolute atomic E-state index is 11.6. The third-order valence-electron chi connectivity index (χ3n) is 3.07. The monoisotopic (exact) mass is 270 g/mol. The van der Waals surface area contributed by atoms with Crippen LogP contribution < -0.4 is 0 Å². The van der Waals surface area contributed by atoms with E-state index in [1.165, 1.54) is 20.9 Å². The summed E-state index contributed by atoms with van der Waals surface area (Å²) in [4.78, 5) is 14.0. The largest absolute Gasteiger partial charge is 0.294 e. The van der Waals surface area contributed by atoms with E-state index in [4.69, 9.17) is 0 Å². The van der Waals surface area contributed by atoms with E-state index in [0.29, 0.717) is 6.42 Å². The summed E-state index contributed by atoms with van der Waals surface area (Å²) in [6.45, 7) is 6.12. The molecule has 0 saturated heterocycles. The second-order valence-corrected chi connectivity index (χ2v) is 5.79. The van der Waals surface area contributed by atoms with Crippen LogP contribution in [0.2, 0.25) is 0 Å². The maximum Gasteiger partial charge on any atom is 0.162 e. The molecule has 19 heavy (non-hydrogen) atoms. The molecule has 0 aliphatic heterocycles. The minimum atomic E-state index is 0.197. The summed E-state index contributed by atoms with van der Waals surface area (Å²) in [5.74, 6) is 0.197. The molecular weight excluding hydrogens is 252 g/mol. The Labute approximate surface area is 119 Å². The molecule has 0 aliphatic rings. The van der Waals surface area contributed by atoms with Gasteiger partial charge in [-0.15, -0.1) is 0 Å². The maximum atomic E-state index is 11.6. The van der Waals surface area contributed by atoms with Crippen molar-refractivity contribution >= 4 is 17.5 Å². The molecular formula is C17H18OS. The van der Waals surface area contributed by atoms with Crippen molar-refractivity contribution in [3.05, 3.63) is 59.2 Å². The first-order chi connectivity index (χ1) is 9.10. The lowest BCUT2D eigenvalue weighted by atomic mass is 10.1. The molecule has 0 radical (unpaired) electrons. The fourth-order valence-corrected chi connectivity index (χ4v) is 2.86. The molecule has 0 fully saturated rings. The third-order valence-corrected chi connectivity index (χ3v) is 4.24. The zero-order valence-electron chi connectivity index (χ0n) is 11.6. The molecule has 0 unspecified atom stereocenters. The molecule has 0 bridgehead atoms. The first kappa shape index (κ1) is 13.9. The van der Waals surface area contributed by atoms with Gasteiger partial charge in [0.15, 0.2) is 5.78 Å². The van der Waals surface area contributed by atoms with Gasteiger partial charge in [0.2, 0.25) is 0 Å². The number of ketones is 1. The minimum absolute atomic E-state index is 0.197. The molecule has 98 valence electrons. The zero-order valence-corrected chi connectivity index (χ0v) is 12.4. The van der Waals surface area contributed by atoms with Crippen LogP contribution in [-0.4, -0.2) is 5.78 Å². The van der Waals surface area contributed by atoms with Gasteiger partial charge in [-0.2, -0.15) is 0 Å². The lowest BCUT2D eigenvalue weighted by molar-refractivity contribution is 0.0988. The molecule has 0 N–H and O–H groups in total. The minimum Gasteiger partial charge on any atom is -0.294 e. The van der Waals surface area contributed by atoms with Gasteiger partial charge in [0, 0.05) is 21.8 Å². The van der Waals surface area contributed by atoms with Crippen molar-refractivity contribution in [3.8, 4) is 0 Å². The Balaban J connectivity index is 2.19. The smallest absolute Gasteiger partial charge is 0.162 e. The number of benzene rings is 2. The van der Waals surface area contributed by atoms with Crippen LogP contribution in [-0.2, 0) is 0 Å². The van der Waals surface area contributed by atoms with Crippen LogP contribution in [0.1, 0.15) is 34.8 Å². The molecule has 0 spiro atoms. The van der Waals surface area contributed by atoms with Gasteiger partial charge in [-0.1, -0.05) is 43.0 Å². The average molecular weight is 270 g/mol. The van der Waals surface area contributed by atoms with Crippen LogP contribution >= 0.6 is 11.8 Å². The average Bonchev–Trinajstić information content (AvgIpc) is 2.43. The Morgan fingerprint density at radius 2 is 1.74 bits per heavy atom. The van der Waals surface area contributed by atoms with Gasteiger partial charge in [0.1, 0.15) is 0 Å². The number of aryl methyl sites for hydroxylation is 2. The van der Waals surface area contributed by atoms with E-state index < -0.39 is 0 Å². The molecule has 2 aromatic carbocycles. The Kier molecular flexibility index (Phi) is 4.43. The van der Waals surface area contributed by atoms with Crippen molar-refractivity contribution in [3.63, 3.8) is 0 Å². The van der Waals surface area contributed by atoms with Gasteiger partial charge in [-0.3, -0.25) is 4.79 Å². The van der Waals surface area contributed by atoms with Crippen molar-refractivity contribution in [2.45, 2.75) is 37.0 Å². The highest BCUT2D eigenvalue weighted by Gasteiger charge is 2.05. The van der Waals surface area contributed by atoms with Gasteiger partial charge in [0.25, 0.3) is 0 Å². The predicted molar refractivity (Wildman–Crippen MR) is 81.1 cm³/mol. The summed E-state index contributed by atoms with van der Waals surface area (Å²) in [7, 11) is 0. The zero-order chi connectivity index (χ0) is 13.8. The van der Waals surface area contributed by atoms with Crippen LogP contribution in [0.15, 0.2) is 52.3 Å². The molecule has 2 rings (SSSR count). The second-order valence-electron chi connectivity index (χ2n) is 4.67. The van der Waals surface area contributed by atoms with E-state index in [1.807, 2.05) is 31.2 Å². The Hall–Kier alpha value is -1.54. The van der Waals surface area contributed by atoms with Gasteiger partial charge in [-0.05, 0) is 43.2 Å². The number of Topliss-reactive ketones (excluding diaryl/α,β-unsaturated/α-hetero) is 1. The Bertz CT molecular complexity index is 585. The third kappa shape index (κ3) is 3.48. The van der Waals surface area contributed by atoms with E-state index in [2.05, 4.69) is 32.0 Å². The number of hydrogen-bond acceptors (Lipinski definition) is 2. The predicted octanol–water partition coefficient (Wildman–Crippen LogP) is 5.05.